The van der Waals surface area contributed by atoms with E-state index in [0.29, 0.717) is 11.8 Å². The van der Waals surface area contributed by atoms with E-state index in [-0.39, 0.29) is 12.4 Å². The van der Waals surface area contributed by atoms with Crippen LogP contribution in [0.4, 0.5) is 29.0 Å². The lowest BCUT2D eigenvalue weighted by Crippen LogP contribution is -2.13. The predicted octanol–water partition coefficient (Wildman–Crippen LogP) is 4.30. The zero-order valence-electron chi connectivity index (χ0n) is 13.6. The van der Waals surface area contributed by atoms with Crippen molar-refractivity contribution >= 4 is 41.4 Å². The molecule has 3 rings (SSSR count). The summed E-state index contributed by atoms with van der Waals surface area (Å²) in [5, 5.41) is 3.23. The molecular weight excluding hydrogens is 322 g/mol. The third-order valence-corrected chi connectivity index (χ3v) is 3.61. The molecule has 0 saturated heterocycles. The molecule has 0 aliphatic carbocycles. The van der Waals surface area contributed by atoms with Crippen LogP contribution in [0.1, 0.15) is 5.56 Å². The van der Waals surface area contributed by atoms with Gasteiger partial charge in [0.05, 0.1) is 0 Å². The van der Waals surface area contributed by atoms with Gasteiger partial charge in [-0.15, -0.1) is 12.4 Å². The molecule has 0 atom stereocenters. The van der Waals surface area contributed by atoms with Gasteiger partial charge in [-0.1, -0.05) is 36.4 Å². The largest absolute Gasteiger partial charge is 0.383 e. The number of aryl methyl sites for hydroxylation is 1. The summed E-state index contributed by atoms with van der Waals surface area (Å²) in [6, 6.07) is 19.8. The summed E-state index contributed by atoms with van der Waals surface area (Å²) < 4.78 is 0. The summed E-state index contributed by atoms with van der Waals surface area (Å²) in [7, 11) is 1.95. The number of nitrogens with zero attached hydrogens (tertiary/aromatic N) is 3. The van der Waals surface area contributed by atoms with E-state index in [1.54, 1.807) is 6.07 Å². The molecule has 0 radical (unpaired) electrons. The van der Waals surface area contributed by atoms with Crippen LogP contribution in [0.3, 0.4) is 0 Å². The molecule has 0 unspecified atom stereocenters. The standard InChI is InChI=1S/C18H19N5.ClH/c1-13-8-6-7-11-15(13)20-18-21-16(19)12-17(22-18)23(2)14-9-4-3-5-10-14;/h3-12H,1-2H3,(H3,19,20,21,22);1H. The highest BCUT2D eigenvalue weighted by molar-refractivity contribution is 5.85. The summed E-state index contributed by atoms with van der Waals surface area (Å²) in [5.41, 5.74) is 9.07. The molecule has 0 aliphatic heterocycles. The molecule has 0 saturated carbocycles. The normalized spacial score (nSPS) is 9.92. The molecular formula is C18H20ClN5. The highest BCUT2D eigenvalue weighted by atomic mass is 35.5. The van der Waals surface area contributed by atoms with Crippen LogP contribution in [-0.4, -0.2) is 17.0 Å². The molecule has 0 bridgehead atoms. The van der Waals surface area contributed by atoms with Crippen molar-refractivity contribution in [3.63, 3.8) is 0 Å². The Morgan fingerprint density at radius 3 is 2.33 bits per heavy atom. The number of hydrogen-bond acceptors (Lipinski definition) is 5. The Morgan fingerprint density at radius 2 is 1.62 bits per heavy atom. The lowest BCUT2D eigenvalue weighted by atomic mass is 10.2. The van der Waals surface area contributed by atoms with Gasteiger partial charge < -0.3 is 16.0 Å². The maximum atomic E-state index is 5.95. The maximum Gasteiger partial charge on any atom is 0.231 e. The minimum atomic E-state index is 0. The molecule has 1 heterocycles. The Labute approximate surface area is 148 Å². The van der Waals surface area contributed by atoms with Gasteiger partial charge in [0.1, 0.15) is 11.6 Å². The smallest absolute Gasteiger partial charge is 0.231 e. The number of para-hydroxylation sites is 2. The van der Waals surface area contributed by atoms with E-state index in [1.165, 1.54) is 0 Å². The second-order valence-electron chi connectivity index (χ2n) is 5.31. The topological polar surface area (TPSA) is 67.1 Å². The van der Waals surface area contributed by atoms with Gasteiger partial charge in [-0.25, -0.2) is 0 Å². The number of rotatable bonds is 4. The first-order valence-corrected chi connectivity index (χ1v) is 7.39. The minimum Gasteiger partial charge on any atom is -0.383 e. The van der Waals surface area contributed by atoms with Gasteiger partial charge in [0, 0.05) is 24.5 Å². The van der Waals surface area contributed by atoms with Crippen molar-refractivity contribution in [3.05, 3.63) is 66.2 Å². The lowest BCUT2D eigenvalue weighted by molar-refractivity contribution is 1.09. The summed E-state index contributed by atoms with van der Waals surface area (Å²) >= 11 is 0. The molecule has 0 fully saturated rings. The SMILES string of the molecule is Cc1ccccc1Nc1nc(N)cc(N(C)c2ccccc2)n1.Cl. The first-order valence-electron chi connectivity index (χ1n) is 7.39. The second kappa shape index (κ2) is 7.66. The summed E-state index contributed by atoms with van der Waals surface area (Å²) in [4.78, 5) is 10.8. The summed E-state index contributed by atoms with van der Waals surface area (Å²) in [5.74, 6) is 1.64. The molecule has 1 aromatic heterocycles. The molecule has 124 valence electrons. The minimum absolute atomic E-state index is 0. The molecule has 3 N–H and O–H groups in total. The Morgan fingerprint density at radius 1 is 0.958 bits per heavy atom. The van der Waals surface area contributed by atoms with Gasteiger partial charge in [-0.3, -0.25) is 0 Å². The molecule has 5 nitrogen and oxygen atoms in total. The van der Waals surface area contributed by atoms with Crippen molar-refractivity contribution in [2.24, 2.45) is 0 Å². The Hall–Kier alpha value is -2.79. The van der Waals surface area contributed by atoms with Crippen molar-refractivity contribution in [2.75, 3.05) is 23.0 Å². The quantitative estimate of drug-likeness (QED) is 0.740. The molecule has 24 heavy (non-hydrogen) atoms. The van der Waals surface area contributed by atoms with E-state index in [1.807, 2.05) is 73.5 Å². The third-order valence-electron chi connectivity index (χ3n) is 3.61. The summed E-state index contributed by atoms with van der Waals surface area (Å²) in [6.45, 7) is 2.03. The predicted molar refractivity (Wildman–Crippen MR) is 103 cm³/mol. The average Bonchev–Trinajstić information content (AvgIpc) is 2.56. The van der Waals surface area contributed by atoms with Crippen molar-refractivity contribution in [2.45, 2.75) is 6.92 Å². The molecule has 0 spiro atoms. The number of nitrogens with one attached hydrogen (secondary N) is 1. The molecule has 2 aromatic carbocycles. The molecule has 3 aromatic rings. The number of hydrogen-bond donors (Lipinski definition) is 2. The van der Waals surface area contributed by atoms with Crippen LogP contribution in [0.2, 0.25) is 0 Å². The highest BCUT2D eigenvalue weighted by Gasteiger charge is 2.09. The monoisotopic (exact) mass is 341 g/mol. The average molecular weight is 342 g/mol. The van der Waals surface area contributed by atoms with Crippen LogP contribution in [0, 0.1) is 6.92 Å². The number of aromatic nitrogens is 2. The highest BCUT2D eigenvalue weighted by Crippen LogP contribution is 2.25. The van der Waals surface area contributed by atoms with Gasteiger partial charge in [0.25, 0.3) is 0 Å². The fourth-order valence-corrected chi connectivity index (χ4v) is 2.30. The Balaban J connectivity index is 0.00000208. The Kier molecular flexibility index (Phi) is 5.60. The first kappa shape index (κ1) is 17.6. The van der Waals surface area contributed by atoms with Crippen LogP contribution in [0.25, 0.3) is 0 Å². The van der Waals surface area contributed by atoms with Crippen molar-refractivity contribution < 1.29 is 0 Å². The third kappa shape index (κ3) is 3.94. The second-order valence-corrected chi connectivity index (χ2v) is 5.31. The van der Waals surface area contributed by atoms with Gasteiger partial charge in [0.15, 0.2) is 0 Å². The van der Waals surface area contributed by atoms with Gasteiger partial charge in [0.2, 0.25) is 5.95 Å². The van der Waals surface area contributed by atoms with Crippen LogP contribution in [0.5, 0.6) is 0 Å². The number of anilines is 5. The van der Waals surface area contributed by atoms with Crippen molar-refractivity contribution in [1.82, 2.24) is 9.97 Å². The van der Waals surface area contributed by atoms with E-state index >= 15 is 0 Å². The fraction of sp³-hybridized carbons (Fsp3) is 0.111. The summed E-state index contributed by atoms with van der Waals surface area (Å²) in [6.07, 6.45) is 0. The van der Waals surface area contributed by atoms with E-state index < -0.39 is 0 Å². The van der Waals surface area contributed by atoms with Crippen molar-refractivity contribution in [1.29, 1.82) is 0 Å². The van der Waals surface area contributed by atoms with E-state index in [0.717, 1.165) is 22.8 Å². The maximum absolute atomic E-state index is 5.95. The fourth-order valence-electron chi connectivity index (χ4n) is 2.30. The van der Waals surface area contributed by atoms with Gasteiger partial charge in [-0.05, 0) is 30.7 Å². The molecule has 6 heteroatoms. The first-order chi connectivity index (χ1) is 11.1. The molecule has 0 aliphatic rings. The van der Waals surface area contributed by atoms with Gasteiger partial charge in [-0.2, -0.15) is 9.97 Å². The van der Waals surface area contributed by atoms with Crippen LogP contribution in [0.15, 0.2) is 60.7 Å². The van der Waals surface area contributed by atoms with E-state index in [4.69, 9.17) is 5.73 Å². The zero-order valence-corrected chi connectivity index (χ0v) is 14.4. The number of nitrogens with two attached hydrogens (primary N) is 1. The van der Waals surface area contributed by atoms with Crippen LogP contribution < -0.4 is 16.0 Å². The zero-order chi connectivity index (χ0) is 16.2. The van der Waals surface area contributed by atoms with E-state index in [2.05, 4.69) is 15.3 Å². The van der Waals surface area contributed by atoms with Crippen molar-refractivity contribution in [3.8, 4) is 0 Å². The lowest BCUT2D eigenvalue weighted by Gasteiger charge is -2.19. The van der Waals surface area contributed by atoms with Crippen LogP contribution in [-0.2, 0) is 0 Å². The Bertz CT molecular complexity index is 808. The number of halogens is 1. The van der Waals surface area contributed by atoms with E-state index in [9.17, 15) is 0 Å². The van der Waals surface area contributed by atoms with Crippen LogP contribution >= 0.6 is 12.4 Å². The van der Waals surface area contributed by atoms with Gasteiger partial charge >= 0.3 is 0 Å². The molecule has 0 amide bonds. The number of nitrogen functional groups attached to an aromatic ring is 1. The number of benzene rings is 2.